The molecule has 0 radical (unpaired) electrons. The fourth-order valence-corrected chi connectivity index (χ4v) is 2.12. The highest BCUT2D eigenvalue weighted by atomic mass is 16.5. The Morgan fingerprint density at radius 1 is 1.44 bits per heavy atom. The molecule has 1 amide bonds. The number of carbonyl (C=O) groups excluding carboxylic acids is 1. The van der Waals surface area contributed by atoms with Gasteiger partial charge >= 0.3 is 0 Å². The smallest absolute Gasteiger partial charge is 0.251 e. The molecule has 4 heteroatoms. The summed E-state index contributed by atoms with van der Waals surface area (Å²) in [7, 11) is 0. The molecule has 1 saturated heterocycles. The number of nitrogens with one attached hydrogen (secondary N) is 2. The maximum Gasteiger partial charge on any atom is 0.251 e. The van der Waals surface area contributed by atoms with Gasteiger partial charge in [-0.05, 0) is 50.6 Å². The number of hydrogen-bond acceptors (Lipinski definition) is 3. The van der Waals surface area contributed by atoms with Gasteiger partial charge in [-0.15, -0.1) is 0 Å². The molecule has 0 spiro atoms. The molecule has 98 valence electrons. The molecular formula is C14H20N2O2. The van der Waals surface area contributed by atoms with E-state index < -0.39 is 0 Å². The van der Waals surface area contributed by atoms with E-state index >= 15 is 0 Å². The number of carbonyl (C=O) groups is 1. The number of rotatable bonds is 5. The molecule has 18 heavy (non-hydrogen) atoms. The Kier molecular flexibility index (Phi) is 4.59. The van der Waals surface area contributed by atoms with E-state index in [0.29, 0.717) is 24.8 Å². The van der Waals surface area contributed by atoms with Crippen molar-refractivity contribution in [1.82, 2.24) is 10.6 Å². The van der Waals surface area contributed by atoms with E-state index in [4.69, 9.17) is 4.74 Å². The van der Waals surface area contributed by atoms with E-state index in [1.54, 1.807) is 12.1 Å². The summed E-state index contributed by atoms with van der Waals surface area (Å²) < 4.78 is 5.34. The average Bonchev–Trinajstić information content (AvgIpc) is 2.90. The maximum atomic E-state index is 11.9. The quantitative estimate of drug-likeness (QED) is 0.831. The predicted molar refractivity (Wildman–Crippen MR) is 71.0 cm³/mol. The van der Waals surface area contributed by atoms with Crippen LogP contribution in [0, 0.1) is 0 Å². The first kappa shape index (κ1) is 12.9. The molecule has 1 heterocycles. The van der Waals surface area contributed by atoms with Gasteiger partial charge in [0.1, 0.15) is 5.75 Å². The van der Waals surface area contributed by atoms with Gasteiger partial charge in [0.2, 0.25) is 0 Å². The summed E-state index contributed by atoms with van der Waals surface area (Å²) in [5.41, 5.74) is 0.677. The predicted octanol–water partition coefficient (Wildman–Crippen LogP) is 1.57. The third kappa shape index (κ3) is 3.47. The van der Waals surface area contributed by atoms with Crippen molar-refractivity contribution in [2.24, 2.45) is 0 Å². The Balaban J connectivity index is 1.83. The lowest BCUT2D eigenvalue weighted by molar-refractivity contribution is 0.0950. The second-order valence-electron chi connectivity index (χ2n) is 4.46. The first-order valence-electron chi connectivity index (χ1n) is 6.54. The zero-order valence-electron chi connectivity index (χ0n) is 10.7. The second-order valence-corrected chi connectivity index (χ2v) is 4.46. The molecule has 0 aliphatic carbocycles. The van der Waals surface area contributed by atoms with Crippen LogP contribution in [-0.2, 0) is 0 Å². The lowest BCUT2D eigenvalue weighted by atomic mass is 10.2. The minimum Gasteiger partial charge on any atom is -0.494 e. The van der Waals surface area contributed by atoms with Gasteiger partial charge < -0.3 is 15.4 Å². The first-order chi connectivity index (χ1) is 8.79. The van der Waals surface area contributed by atoms with Gasteiger partial charge in [-0.2, -0.15) is 0 Å². The lowest BCUT2D eigenvalue weighted by Gasteiger charge is -2.11. The molecular weight excluding hydrogens is 228 g/mol. The monoisotopic (exact) mass is 248 g/mol. The van der Waals surface area contributed by atoms with Crippen LogP contribution in [-0.4, -0.2) is 31.6 Å². The van der Waals surface area contributed by atoms with Crippen molar-refractivity contribution in [2.75, 3.05) is 19.7 Å². The summed E-state index contributed by atoms with van der Waals surface area (Å²) in [5, 5.41) is 6.30. The molecule has 0 aromatic heterocycles. The van der Waals surface area contributed by atoms with Crippen molar-refractivity contribution < 1.29 is 9.53 Å². The maximum absolute atomic E-state index is 11.9. The van der Waals surface area contributed by atoms with Crippen molar-refractivity contribution in [3.8, 4) is 5.75 Å². The molecule has 1 fully saturated rings. The normalized spacial score (nSPS) is 18.6. The van der Waals surface area contributed by atoms with Crippen molar-refractivity contribution in [2.45, 2.75) is 25.8 Å². The first-order valence-corrected chi connectivity index (χ1v) is 6.54. The minimum atomic E-state index is -0.0215. The summed E-state index contributed by atoms with van der Waals surface area (Å²) in [6, 6.07) is 7.67. The summed E-state index contributed by atoms with van der Waals surface area (Å²) in [5.74, 6) is 0.776. The molecule has 1 atom stereocenters. The van der Waals surface area contributed by atoms with Gasteiger partial charge in [0.15, 0.2) is 0 Å². The lowest BCUT2D eigenvalue weighted by Crippen LogP contribution is -2.37. The highest BCUT2D eigenvalue weighted by Gasteiger charge is 2.15. The van der Waals surface area contributed by atoms with Gasteiger partial charge in [0, 0.05) is 18.2 Å². The van der Waals surface area contributed by atoms with E-state index in [-0.39, 0.29) is 5.91 Å². The Hall–Kier alpha value is -1.55. The topological polar surface area (TPSA) is 50.4 Å². The SMILES string of the molecule is CCOc1ccc(C(=O)NCC2CCCN2)cc1. The molecule has 2 rings (SSSR count). The molecule has 1 unspecified atom stereocenters. The van der Waals surface area contributed by atoms with Gasteiger partial charge in [-0.25, -0.2) is 0 Å². The number of hydrogen-bond donors (Lipinski definition) is 2. The number of benzene rings is 1. The van der Waals surface area contributed by atoms with Gasteiger partial charge in [0.25, 0.3) is 5.91 Å². The molecule has 1 aromatic rings. The van der Waals surface area contributed by atoms with Crippen LogP contribution < -0.4 is 15.4 Å². The molecule has 4 nitrogen and oxygen atoms in total. The van der Waals surface area contributed by atoms with Crippen LogP contribution in [0.1, 0.15) is 30.1 Å². The van der Waals surface area contributed by atoms with Crippen molar-refractivity contribution in [3.63, 3.8) is 0 Å². The van der Waals surface area contributed by atoms with Crippen molar-refractivity contribution in [3.05, 3.63) is 29.8 Å². The van der Waals surface area contributed by atoms with Crippen LogP contribution in [0.4, 0.5) is 0 Å². The third-order valence-corrected chi connectivity index (χ3v) is 3.10. The van der Waals surface area contributed by atoms with Crippen LogP contribution in [0.2, 0.25) is 0 Å². The van der Waals surface area contributed by atoms with E-state index in [0.717, 1.165) is 18.7 Å². The zero-order valence-corrected chi connectivity index (χ0v) is 10.7. The molecule has 1 aliphatic rings. The van der Waals surface area contributed by atoms with Crippen LogP contribution in [0.5, 0.6) is 5.75 Å². The van der Waals surface area contributed by atoms with Crippen LogP contribution in [0.3, 0.4) is 0 Å². The number of amides is 1. The Labute approximate surface area is 108 Å². The van der Waals surface area contributed by atoms with Crippen molar-refractivity contribution in [1.29, 1.82) is 0 Å². The number of ether oxygens (including phenoxy) is 1. The summed E-state index contributed by atoms with van der Waals surface area (Å²) in [4.78, 5) is 11.9. The Morgan fingerprint density at radius 2 is 2.22 bits per heavy atom. The van der Waals surface area contributed by atoms with E-state index in [1.807, 2.05) is 19.1 Å². The van der Waals surface area contributed by atoms with E-state index in [1.165, 1.54) is 6.42 Å². The Bertz CT molecular complexity index is 383. The highest BCUT2D eigenvalue weighted by Crippen LogP contribution is 2.12. The zero-order chi connectivity index (χ0) is 12.8. The van der Waals surface area contributed by atoms with Gasteiger partial charge in [0.05, 0.1) is 6.61 Å². The van der Waals surface area contributed by atoms with Gasteiger partial charge in [-0.3, -0.25) is 4.79 Å². The van der Waals surface area contributed by atoms with Crippen LogP contribution in [0.15, 0.2) is 24.3 Å². The summed E-state index contributed by atoms with van der Waals surface area (Å²) >= 11 is 0. The Morgan fingerprint density at radius 3 is 2.83 bits per heavy atom. The standard InChI is InChI=1S/C14H20N2O2/c1-2-18-13-7-5-11(6-8-13)14(17)16-10-12-4-3-9-15-12/h5-8,12,15H,2-4,9-10H2,1H3,(H,16,17). The summed E-state index contributed by atoms with van der Waals surface area (Å²) in [6.45, 7) is 4.34. The third-order valence-electron chi connectivity index (χ3n) is 3.10. The van der Waals surface area contributed by atoms with E-state index in [9.17, 15) is 4.79 Å². The molecule has 0 bridgehead atoms. The largest absolute Gasteiger partial charge is 0.494 e. The second kappa shape index (κ2) is 6.40. The van der Waals surface area contributed by atoms with Gasteiger partial charge in [-0.1, -0.05) is 0 Å². The fourth-order valence-electron chi connectivity index (χ4n) is 2.12. The summed E-state index contributed by atoms with van der Waals surface area (Å²) in [6.07, 6.45) is 2.34. The molecule has 0 saturated carbocycles. The highest BCUT2D eigenvalue weighted by molar-refractivity contribution is 5.94. The molecule has 2 N–H and O–H groups in total. The fraction of sp³-hybridized carbons (Fsp3) is 0.500. The molecule has 1 aliphatic heterocycles. The van der Waals surface area contributed by atoms with Crippen molar-refractivity contribution >= 4 is 5.91 Å². The van der Waals surface area contributed by atoms with Crippen LogP contribution >= 0.6 is 0 Å². The minimum absolute atomic E-state index is 0.0215. The van der Waals surface area contributed by atoms with E-state index in [2.05, 4.69) is 10.6 Å². The van der Waals surface area contributed by atoms with Crippen LogP contribution in [0.25, 0.3) is 0 Å². The average molecular weight is 248 g/mol. The molecule has 1 aromatic carbocycles.